The first-order chi connectivity index (χ1) is 9.75. The minimum Gasteiger partial charge on any atom is -0.379 e. The van der Waals surface area contributed by atoms with Crippen LogP contribution in [0, 0.1) is 0 Å². The lowest BCUT2D eigenvalue weighted by molar-refractivity contribution is 0.0331. The molecule has 1 saturated heterocycles. The Hall–Kier alpha value is -1.43. The normalized spacial score (nSPS) is 16.5. The summed E-state index contributed by atoms with van der Waals surface area (Å²) in [6.45, 7) is 4.21. The largest absolute Gasteiger partial charge is 0.379 e. The van der Waals surface area contributed by atoms with Gasteiger partial charge in [0.2, 0.25) is 0 Å². The lowest BCUT2D eigenvalue weighted by Crippen LogP contribution is -2.36. The molecule has 3 heterocycles. The van der Waals surface area contributed by atoms with Crippen LogP contribution in [0.2, 0.25) is 5.02 Å². The molecule has 0 amide bonds. The summed E-state index contributed by atoms with van der Waals surface area (Å²) < 4.78 is 7.21. The van der Waals surface area contributed by atoms with E-state index in [1.807, 2.05) is 29.9 Å². The summed E-state index contributed by atoms with van der Waals surface area (Å²) in [7, 11) is 1.92. The maximum absolute atomic E-state index is 6.50. The number of pyridine rings is 1. The van der Waals surface area contributed by atoms with E-state index in [-0.39, 0.29) is 0 Å². The van der Waals surface area contributed by atoms with E-state index < -0.39 is 0 Å². The Bertz CT molecular complexity index is 578. The number of ether oxygens (including phenoxy) is 1. The number of morpholine rings is 1. The van der Waals surface area contributed by atoms with Gasteiger partial charge >= 0.3 is 0 Å². The molecule has 0 aromatic carbocycles. The van der Waals surface area contributed by atoms with E-state index in [1.165, 1.54) is 0 Å². The van der Waals surface area contributed by atoms with Crippen LogP contribution in [0.15, 0.2) is 24.4 Å². The van der Waals surface area contributed by atoms with E-state index in [0.717, 1.165) is 49.9 Å². The molecular weight excluding hydrogens is 276 g/mol. The second-order valence-corrected chi connectivity index (χ2v) is 5.21. The zero-order valence-corrected chi connectivity index (χ0v) is 12.2. The average molecular weight is 293 g/mol. The second kappa shape index (κ2) is 5.91. The molecule has 0 atom stereocenters. The Morgan fingerprint density at radius 2 is 2.10 bits per heavy atom. The van der Waals surface area contributed by atoms with Gasteiger partial charge in [-0.05, 0) is 12.1 Å². The fourth-order valence-corrected chi connectivity index (χ4v) is 2.66. The van der Waals surface area contributed by atoms with Crippen LogP contribution in [-0.4, -0.2) is 46.0 Å². The summed E-state index contributed by atoms with van der Waals surface area (Å²) in [6.07, 6.45) is 1.75. The Balaban J connectivity index is 1.87. The molecule has 1 aliphatic heterocycles. The molecule has 0 aliphatic carbocycles. The third kappa shape index (κ3) is 2.70. The van der Waals surface area contributed by atoms with Gasteiger partial charge in [-0.3, -0.25) is 14.6 Å². The van der Waals surface area contributed by atoms with Crippen molar-refractivity contribution in [1.82, 2.24) is 19.7 Å². The van der Waals surface area contributed by atoms with E-state index in [4.69, 9.17) is 16.3 Å². The number of hydrogen-bond donors (Lipinski definition) is 0. The molecule has 0 saturated carbocycles. The van der Waals surface area contributed by atoms with Crippen LogP contribution in [0.25, 0.3) is 11.4 Å². The van der Waals surface area contributed by atoms with Crippen LogP contribution >= 0.6 is 11.6 Å². The van der Waals surface area contributed by atoms with E-state index in [9.17, 15) is 0 Å². The third-order valence-electron chi connectivity index (χ3n) is 3.49. The van der Waals surface area contributed by atoms with Crippen molar-refractivity contribution in [2.24, 2.45) is 7.05 Å². The predicted molar refractivity (Wildman–Crippen MR) is 77.5 cm³/mol. The van der Waals surface area contributed by atoms with Crippen molar-refractivity contribution in [2.75, 3.05) is 26.3 Å². The number of hydrogen-bond acceptors (Lipinski definition) is 4. The summed E-state index contributed by atoms with van der Waals surface area (Å²) in [4.78, 5) is 6.65. The van der Waals surface area contributed by atoms with E-state index >= 15 is 0 Å². The van der Waals surface area contributed by atoms with Crippen LogP contribution in [0.3, 0.4) is 0 Å². The average Bonchev–Trinajstić information content (AvgIpc) is 2.77. The zero-order valence-electron chi connectivity index (χ0n) is 11.4. The summed E-state index contributed by atoms with van der Waals surface area (Å²) in [5, 5.41) is 5.20. The van der Waals surface area contributed by atoms with Crippen molar-refractivity contribution >= 4 is 11.6 Å². The predicted octanol–water partition coefficient (Wildman–Crippen LogP) is 1.97. The summed E-state index contributed by atoms with van der Waals surface area (Å²) in [6, 6.07) is 5.75. The molecule has 5 nitrogen and oxygen atoms in total. The van der Waals surface area contributed by atoms with Crippen molar-refractivity contribution in [3.8, 4) is 11.4 Å². The minimum atomic E-state index is 0.692. The lowest BCUT2D eigenvalue weighted by atomic mass is 10.2. The highest BCUT2D eigenvalue weighted by Crippen LogP contribution is 2.29. The smallest absolute Gasteiger partial charge is 0.130 e. The maximum atomic E-state index is 6.50. The highest BCUT2D eigenvalue weighted by atomic mass is 35.5. The number of aryl methyl sites for hydroxylation is 1. The quantitative estimate of drug-likeness (QED) is 0.867. The summed E-state index contributed by atoms with van der Waals surface area (Å²) >= 11 is 6.50. The van der Waals surface area contributed by atoms with Crippen molar-refractivity contribution in [3.05, 3.63) is 35.1 Å². The van der Waals surface area contributed by atoms with Crippen LogP contribution in [0.1, 0.15) is 5.69 Å². The Kier molecular flexibility index (Phi) is 4.00. The topological polar surface area (TPSA) is 43.2 Å². The Morgan fingerprint density at radius 1 is 1.30 bits per heavy atom. The van der Waals surface area contributed by atoms with Gasteiger partial charge in [-0.25, -0.2) is 0 Å². The number of aromatic nitrogens is 3. The molecule has 1 fully saturated rings. The SMILES string of the molecule is Cn1nc(-c2ccccn2)c(Cl)c1CN1CCOCC1. The van der Waals surface area contributed by atoms with E-state index in [2.05, 4.69) is 15.0 Å². The van der Waals surface area contributed by atoms with Crippen molar-refractivity contribution in [2.45, 2.75) is 6.54 Å². The first-order valence-electron chi connectivity index (χ1n) is 6.68. The molecule has 0 bridgehead atoms. The zero-order chi connectivity index (χ0) is 13.9. The van der Waals surface area contributed by atoms with Crippen LogP contribution in [0.4, 0.5) is 0 Å². The molecule has 2 aromatic heterocycles. The molecule has 2 aromatic rings. The highest BCUT2D eigenvalue weighted by Gasteiger charge is 2.20. The van der Waals surface area contributed by atoms with Gasteiger partial charge in [-0.1, -0.05) is 17.7 Å². The van der Waals surface area contributed by atoms with Gasteiger partial charge < -0.3 is 4.74 Å². The first kappa shape index (κ1) is 13.5. The molecule has 3 rings (SSSR count). The lowest BCUT2D eigenvalue weighted by Gasteiger charge is -2.26. The fourth-order valence-electron chi connectivity index (χ4n) is 2.34. The van der Waals surface area contributed by atoms with Crippen molar-refractivity contribution in [3.63, 3.8) is 0 Å². The monoisotopic (exact) mass is 292 g/mol. The van der Waals surface area contributed by atoms with Crippen molar-refractivity contribution in [1.29, 1.82) is 0 Å². The van der Waals surface area contributed by atoms with Gasteiger partial charge in [0.1, 0.15) is 5.69 Å². The second-order valence-electron chi connectivity index (χ2n) is 4.84. The Morgan fingerprint density at radius 3 is 2.80 bits per heavy atom. The number of rotatable bonds is 3. The van der Waals surface area contributed by atoms with Gasteiger partial charge in [0, 0.05) is 32.9 Å². The number of nitrogens with zero attached hydrogens (tertiary/aromatic N) is 4. The fraction of sp³-hybridized carbons (Fsp3) is 0.429. The van der Waals surface area contributed by atoms with Crippen LogP contribution < -0.4 is 0 Å². The van der Waals surface area contributed by atoms with E-state index in [0.29, 0.717) is 5.02 Å². The highest BCUT2D eigenvalue weighted by molar-refractivity contribution is 6.33. The molecule has 0 N–H and O–H groups in total. The van der Waals surface area contributed by atoms with Crippen LogP contribution in [-0.2, 0) is 18.3 Å². The first-order valence-corrected chi connectivity index (χ1v) is 7.06. The molecule has 106 valence electrons. The van der Waals surface area contributed by atoms with Gasteiger partial charge in [0.25, 0.3) is 0 Å². The van der Waals surface area contributed by atoms with Crippen LogP contribution in [0.5, 0.6) is 0 Å². The minimum absolute atomic E-state index is 0.692. The summed E-state index contributed by atoms with van der Waals surface area (Å²) in [5.74, 6) is 0. The summed E-state index contributed by atoms with van der Waals surface area (Å²) in [5.41, 5.74) is 2.58. The molecule has 1 aliphatic rings. The maximum Gasteiger partial charge on any atom is 0.130 e. The van der Waals surface area contributed by atoms with Crippen molar-refractivity contribution < 1.29 is 4.74 Å². The molecule has 6 heteroatoms. The molecule has 0 spiro atoms. The standard InChI is InChI=1S/C14H17ClN4O/c1-18-12(10-19-6-8-20-9-7-19)13(15)14(17-18)11-4-2-3-5-16-11/h2-5H,6-10H2,1H3. The molecule has 0 unspecified atom stereocenters. The van der Waals surface area contributed by atoms with Gasteiger partial charge in [-0.15, -0.1) is 0 Å². The molecule has 0 radical (unpaired) electrons. The Labute approximate surface area is 123 Å². The third-order valence-corrected chi connectivity index (χ3v) is 3.88. The molecule has 20 heavy (non-hydrogen) atoms. The van der Waals surface area contributed by atoms with E-state index in [1.54, 1.807) is 6.20 Å². The number of halogens is 1. The van der Waals surface area contributed by atoms with Gasteiger partial charge in [-0.2, -0.15) is 5.10 Å². The van der Waals surface area contributed by atoms with Gasteiger partial charge in [0.15, 0.2) is 0 Å². The molecular formula is C14H17ClN4O. The van der Waals surface area contributed by atoms with Gasteiger partial charge in [0.05, 0.1) is 29.6 Å².